The summed E-state index contributed by atoms with van der Waals surface area (Å²) in [5.41, 5.74) is 0. The predicted molar refractivity (Wildman–Crippen MR) is 72.5 cm³/mol. The zero-order chi connectivity index (χ0) is 11.5. The first-order valence-corrected chi connectivity index (χ1v) is 6.58. The Hall–Kier alpha value is 0.0300. The van der Waals surface area contributed by atoms with Gasteiger partial charge in [-0.15, -0.1) is 12.4 Å². The third-order valence-corrected chi connectivity index (χ3v) is 2.78. The quantitative estimate of drug-likeness (QED) is 0.608. The van der Waals surface area contributed by atoms with Crippen molar-refractivity contribution >= 4 is 30.1 Å². The molecular weight excluding hydrogens is 248 g/mol. The number of carbonyl (C=O) groups is 1. The van der Waals surface area contributed by atoms with Gasteiger partial charge in [-0.3, -0.25) is 4.79 Å². The molecule has 1 atom stereocenters. The van der Waals surface area contributed by atoms with E-state index in [9.17, 15) is 4.79 Å². The van der Waals surface area contributed by atoms with E-state index in [0.29, 0.717) is 13.2 Å². The maximum atomic E-state index is 11.4. The average Bonchev–Trinajstić information content (AvgIpc) is 2.23. The van der Waals surface area contributed by atoms with Gasteiger partial charge in [-0.2, -0.15) is 11.8 Å². The van der Waals surface area contributed by atoms with Gasteiger partial charge in [0.25, 0.3) is 0 Å². The van der Waals surface area contributed by atoms with E-state index in [4.69, 9.17) is 4.74 Å². The van der Waals surface area contributed by atoms with Crippen LogP contribution in [0.1, 0.15) is 6.92 Å². The highest BCUT2D eigenvalue weighted by Crippen LogP contribution is 2.03. The van der Waals surface area contributed by atoms with E-state index in [0.717, 1.165) is 18.8 Å². The lowest BCUT2D eigenvalue weighted by Crippen LogP contribution is -2.36. The summed E-state index contributed by atoms with van der Waals surface area (Å²) in [5.74, 6) is 1.11. The third-order valence-electron chi connectivity index (χ3n) is 1.95. The summed E-state index contributed by atoms with van der Waals surface area (Å²) in [6.07, 6.45) is 2.01. The molecule has 0 aromatic rings. The van der Waals surface area contributed by atoms with Crippen molar-refractivity contribution in [3.8, 4) is 0 Å². The number of halogens is 1. The molecule has 4 nitrogen and oxygen atoms in total. The summed E-state index contributed by atoms with van der Waals surface area (Å²) in [7, 11) is 1.67. The molecule has 16 heavy (non-hydrogen) atoms. The lowest BCUT2D eigenvalue weighted by atomic mass is 10.2. The van der Waals surface area contributed by atoms with Crippen LogP contribution >= 0.6 is 24.2 Å². The van der Waals surface area contributed by atoms with Crippen LogP contribution in [0.2, 0.25) is 0 Å². The lowest BCUT2D eigenvalue weighted by Gasteiger charge is -2.11. The monoisotopic (exact) mass is 270 g/mol. The Morgan fingerprint density at radius 3 is 2.62 bits per heavy atom. The molecule has 0 saturated carbocycles. The van der Waals surface area contributed by atoms with Gasteiger partial charge >= 0.3 is 0 Å². The molecule has 0 aliphatic rings. The molecule has 0 aliphatic heterocycles. The fourth-order valence-corrected chi connectivity index (χ4v) is 1.72. The molecule has 6 heteroatoms. The summed E-state index contributed by atoms with van der Waals surface area (Å²) in [4.78, 5) is 11.4. The number of thioether (sulfide) groups is 1. The molecule has 1 amide bonds. The van der Waals surface area contributed by atoms with Crippen molar-refractivity contribution in [3.05, 3.63) is 0 Å². The van der Waals surface area contributed by atoms with E-state index in [1.807, 2.05) is 13.2 Å². The Bertz CT molecular complexity index is 173. The van der Waals surface area contributed by atoms with Gasteiger partial charge in [0.15, 0.2) is 0 Å². The minimum absolute atomic E-state index is 0. The normalized spacial score (nSPS) is 11.7. The van der Waals surface area contributed by atoms with Crippen molar-refractivity contribution in [2.45, 2.75) is 6.92 Å². The van der Waals surface area contributed by atoms with Crippen LogP contribution in [-0.2, 0) is 9.53 Å². The summed E-state index contributed by atoms with van der Waals surface area (Å²) in [6, 6.07) is 0. The van der Waals surface area contributed by atoms with Crippen LogP contribution in [-0.4, -0.2) is 51.3 Å². The molecule has 0 bridgehead atoms. The zero-order valence-electron chi connectivity index (χ0n) is 10.2. The molecule has 0 saturated heterocycles. The van der Waals surface area contributed by atoms with Crippen molar-refractivity contribution < 1.29 is 9.53 Å². The molecule has 0 heterocycles. The second-order valence-corrected chi connectivity index (χ2v) is 4.30. The van der Waals surface area contributed by atoms with Crippen molar-refractivity contribution in [1.82, 2.24) is 10.6 Å². The van der Waals surface area contributed by atoms with Gasteiger partial charge in [-0.05, 0) is 6.26 Å². The number of methoxy groups -OCH3 is 1. The van der Waals surface area contributed by atoms with Gasteiger partial charge in [0.1, 0.15) is 0 Å². The summed E-state index contributed by atoms with van der Waals surface area (Å²) in [5, 5.41) is 6.06. The van der Waals surface area contributed by atoms with Crippen LogP contribution in [0.4, 0.5) is 0 Å². The SMILES string of the molecule is COCCNCCNC(=O)C(C)CSC.Cl. The van der Waals surface area contributed by atoms with E-state index < -0.39 is 0 Å². The van der Waals surface area contributed by atoms with Gasteiger partial charge in [-0.25, -0.2) is 0 Å². The summed E-state index contributed by atoms with van der Waals surface area (Å²) in [6.45, 7) is 4.95. The van der Waals surface area contributed by atoms with E-state index in [2.05, 4.69) is 10.6 Å². The number of amides is 1. The predicted octanol–water partition coefficient (Wildman–Crippen LogP) is 0.759. The lowest BCUT2D eigenvalue weighted by molar-refractivity contribution is -0.123. The van der Waals surface area contributed by atoms with Gasteiger partial charge < -0.3 is 15.4 Å². The summed E-state index contributed by atoms with van der Waals surface area (Å²) >= 11 is 1.70. The first kappa shape index (κ1) is 18.4. The largest absolute Gasteiger partial charge is 0.383 e. The van der Waals surface area contributed by atoms with Crippen LogP contribution in [0.25, 0.3) is 0 Å². The second kappa shape index (κ2) is 13.1. The topological polar surface area (TPSA) is 50.4 Å². The van der Waals surface area contributed by atoms with Crippen LogP contribution in [0.15, 0.2) is 0 Å². The number of ether oxygens (including phenoxy) is 1. The zero-order valence-corrected chi connectivity index (χ0v) is 11.9. The molecule has 2 N–H and O–H groups in total. The highest BCUT2D eigenvalue weighted by atomic mass is 35.5. The van der Waals surface area contributed by atoms with E-state index in [1.165, 1.54) is 0 Å². The van der Waals surface area contributed by atoms with Crippen molar-refractivity contribution in [1.29, 1.82) is 0 Å². The highest BCUT2D eigenvalue weighted by molar-refractivity contribution is 7.98. The van der Waals surface area contributed by atoms with Crippen LogP contribution in [0, 0.1) is 5.92 Å². The Morgan fingerprint density at radius 1 is 1.38 bits per heavy atom. The van der Waals surface area contributed by atoms with Crippen molar-refractivity contribution in [2.24, 2.45) is 5.92 Å². The maximum absolute atomic E-state index is 11.4. The second-order valence-electron chi connectivity index (χ2n) is 3.39. The number of nitrogens with one attached hydrogen (secondary N) is 2. The molecule has 1 unspecified atom stereocenters. The van der Waals surface area contributed by atoms with Crippen molar-refractivity contribution in [3.63, 3.8) is 0 Å². The number of hydrogen-bond donors (Lipinski definition) is 2. The molecule has 98 valence electrons. The molecule has 0 rings (SSSR count). The number of carbonyl (C=O) groups excluding carboxylic acids is 1. The molecule has 0 radical (unpaired) electrons. The Balaban J connectivity index is 0. The number of rotatable bonds is 9. The molecular formula is C10H23ClN2O2S. The molecule has 0 aromatic carbocycles. The first-order chi connectivity index (χ1) is 7.22. The van der Waals surface area contributed by atoms with Gasteiger partial charge in [0.05, 0.1) is 6.61 Å². The Morgan fingerprint density at radius 2 is 2.06 bits per heavy atom. The van der Waals surface area contributed by atoms with Crippen molar-refractivity contribution in [2.75, 3.05) is 45.4 Å². The molecule has 0 aromatic heterocycles. The van der Waals surface area contributed by atoms with Crippen LogP contribution in [0.3, 0.4) is 0 Å². The van der Waals surface area contributed by atoms with Crippen LogP contribution in [0.5, 0.6) is 0 Å². The maximum Gasteiger partial charge on any atom is 0.223 e. The minimum Gasteiger partial charge on any atom is -0.383 e. The smallest absolute Gasteiger partial charge is 0.223 e. The standard InChI is InChI=1S/C10H22N2O2S.ClH/c1-9(8-15-3)10(13)12-5-4-11-6-7-14-2;/h9,11H,4-8H2,1-3H3,(H,12,13);1H. The van der Waals surface area contributed by atoms with Gasteiger partial charge in [0.2, 0.25) is 5.91 Å². The minimum atomic E-state index is 0. The molecule has 0 spiro atoms. The van der Waals surface area contributed by atoms with Crippen LogP contribution < -0.4 is 10.6 Å². The molecule has 0 fully saturated rings. The van der Waals surface area contributed by atoms with E-state index in [1.54, 1.807) is 18.9 Å². The highest BCUT2D eigenvalue weighted by Gasteiger charge is 2.10. The Labute approximate surface area is 109 Å². The fourth-order valence-electron chi connectivity index (χ4n) is 1.07. The van der Waals surface area contributed by atoms with E-state index in [-0.39, 0.29) is 24.2 Å². The Kier molecular flexibility index (Phi) is 15.1. The average molecular weight is 271 g/mol. The first-order valence-electron chi connectivity index (χ1n) is 5.18. The third kappa shape index (κ3) is 10.5. The fraction of sp³-hybridized carbons (Fsp3) is 0.900. The van der Waals surface area contributed by atoms with Gasteiger partial charge in [0, 0.05) is 38.4 Å². The summed E-state index contributed by atoms with van der Waals surface area (Å²) < 4.78 is 4.89. The molecule has 0 aliphatic carbocycles. The van der Waals surface area contributed by atoms with E-state index >= 15 is 0 Å². The number of hydrogen-bond acceptors (Lipinski definition) is 4. The van der Waals surface area contributed by atoms with Gasteiger partial charge in [-0.1, -0.05) is 6.92 Å².